The van der Waals surface area contributed by atoms with Crippen LogP contribution in [-0.2, 0) is 9.59 Å². The largest absolute Gasteiger partial charge is 0.481 e. The average Bonchev–Trinajstić information content (AvgIpc) is 2.11. The first-order valence-corrected chi connectivity index (χ1v) is 5.05. The summed E-state index contributed by atoms with van der Waals surface area (Å²) in [5.41, 5.74) is 0. The van der Waals surface area contributed by atoms with E-state index in [1.54, 1.807) is 0 Å². The molecule has 0 heterocycles. The number of hydrogen-bond donors (Lipinski definition) is 2. The molecule has 4 heteroatoms. The van der Waals surface area contributed by atoms with E-state index in [0.29, 0.717) is 12.8 Å². The van der Waals surface area contributed by atoms with E-state index < -0.39 is 18.0 Å². The molecule has 0 aromatic carbocycles. The van der Waals surface area contributed by atoms with Gasteiger partial charge in [-0.25, -0.2) is 0 Å². The molecular weight excluding hydrogens is 208 g/mol. The molecule has 2 atom stereocenters. The number of Topliss-reactive ketones (excluding diaryl/α,β-unsaturated/α-hetero) is 1. The quantitative estimate of drug-likeness (QED) is 0.765. The van der Waals surface area contributed by atoms with Crippen molar-refractivity contribution in [1.82, 2.24) is 0 Å². The van der Waals surface area contributed by atoms with Crippen LogP contribution in [-0.4, -0.2) is 28.1 Å². The van der Waals surface area contributed by atoms with Crippen LogP contribution in [0.2, 0.25) is 0 Å². The van der Waals surface area contributed by atoms with Gasteiger partial charge in [-0.05, 0) is 12.8 Å². The third-order valence-corrected chi connectivity index (χ3v) is 2.68. The van der Waals surface area contributed by atoms with E-state index in [0.717, 1.165) is 19.3 Å². The van der Waals surface area contributed by atoms with Crippen LogP contribution in [0.5, 0.6) is 0 Å². The standard InChI is InChI=1S/C10H16O4.2CH4/c11-8-5-3-1-2-4-7(10(8)14)6-9(12)13;;/h7-8,11H,1-6H2,(H,12,13);2*1H4. The van der Waals surface area contributed by atoms with E-state index in [-0.39, 0.29) is 27.1 Å². The maximum absolute atomic E-state index is 11.5. The van der Waals surface area contributed by atoms with Crippen LogP contribution in [0.15, 0.2) is 0 Å². The Morgan fingerprint density at radius 1 is 1.19 bits per heavy atom. The highest BCUT2D eigenvalue weighted by Crippen LogP contribution is 2.22. The molecule has 0 aromatic heterocycles. The lowest BCUT2D eigenvalue weighted by Crippen LogP contribution is -2.31. The molecule has 0 aliphatic heterocycles. The fourth-order valence-electron chi connectivity index (χ4n) is 1.88. The molecule has 1 rings (SSSR count). The van der Waals surface area contributed by atoms with Crippen molar-refractivity contribution >= 4 is 11.8 Å². The highest BCUT2D eigenvalue weighted by molar-refractivity contribution is 5.88. The Bertz CT molecular complexity index is 225. The molecule has 96 valence electrons. The second kappa shape index (κ2) is 8.28. The van der Waals surface area contributed by atoms with Gasteiger partial charge in [-0.3, -0.25) is 9.59 Å². The van der Waals surface area contributed by atoms with E-state index in [2.05, 4.69) is 0 Å². The number of hydrogen-bond acceptors (Lipinski definition) is 3. The minimum Gasteiger partial charge on any atom is -0.481 e. The zero-order chi connectivity index (χ0) is 10.6. The Labute approximate surface area is 97.7 Å². The number of aliphatic hydroxyl groups is 1. The van der Waals surface area contributed by atoms with Crippen molar-refractivity contribution in [2.75, 3.05) is 0 Å². The number of carbonyl (C=O) groups excluding carboxylic acids is 1. The highest BCUT2D eigenvalue weighted by atomic mass is 16.4. The fraction of sp³-hybridized carbons (Fsp3) is 0.833. The van der Waals surface area contributed by atoms with Crippen molar-refractivity contribution < 1.29 is 19.8 Å². The van der Waals surface area contributed by atoms with E-state index in [4.69, 9.17) is 5.11 Å². The van der Waals surface area contributed by atoms with Crippen LogP contribution in [0.1, 0.15) is 53.4 Å². The van der Waals surface area contributed by atoms with Gasteiger partial charge in [0.25, 0.3) is 0 Å². The number of carboxylic acid groups (broad SMARTS) is 1. The molecular formula is C12H24O4. The first-order valence-electron chi connectivity index (χ1n) is 5.05. The molecule has 1 fully saturated rings. The van der Waals surface area contributed by atoms with Crippen molar-refractivity contribution in [1.29, 1.82) is 0 Å². The monoisotopic (exact) mass is 232 g/mol. The van der Waals surface area contributed by atoms with Gasteiger partial charge in [0.05, 0.1) is 6.42 Å². The van der Waals surface area contributed by atoms with E-state index >= 15 is 0 Å². The zero-order valence-corrected chi connectivity index (χ0v) is 8.11. The number of carboxylic acids is 1. The van der Waals surface area contributed by atoms with Crippen molar-refractivity contribution in [3.05, 3.63) is 0 Å². The molecule has 0 amide bonds. The van der Waals surface area contributed by atoms with Crippen molar-refractivity contribution in [3.63, 3.8) is 0 Å². The van der Waals surface area contributed by atoms with Gasteiger partial charge >= 0.3 is 5.97 Å². The normalized spacial score (nSPS) is 25.7. The second-order valence-electron chi connectivity index (χ2n) is 3.85. The molecule has 0 saturated heterocycles. The van der Waals surface area contributed by atoms with E-state index in [9.17, 15) is 14.7 Å². The fourth-order valence-corrected chi connectivity index (χ4v) is 1.88. The molecule has 0 aromatic rings. The van der Waals surface area contributed by atoms with Gasteiger partial charge in [-0.1, -0.05) is 34.1 Å². The van der Waals surface area contributed by atoms with Crippen molar-refractivity contribution in [3.8, 4) is 0 Å². The number of ketones is 1. The zero-order valence-electron chi connectivity index (χ0n) is 8.11. The molecule has 2 N–H and O–H groups in total. The lowest BCUT2D eigenvalue weighted by molar-refractivity contribution is -0.143. The van der Waals surface area contributed by atoms with Crippen LogP contribution in [0, 0.1) is 5.92 Å². The minimum atomic E-state index is -0.962. The van der Waals surface area contributed by atoms with Crippen LogP contribution in [0.4, 0.5) is 0 Å². The predicted octanol–water partition coefficient (Wildman–Crippen LogP) is 2.24. The topological polar surface area (TPSA) is 74.6 Å². The lowest BCUT2D eigenvalue weighted by Gasteiger charge is -2.20. The Hall–Kier alpha value is -0.900. The smallest absolute Gasteiger partial charge is 0.304 e. The predicted molar refractivity (Wildman–Crippen MR) is 63.3 cm³/mol. The van der Waals surface area contributed by atoms with Gasteiger partial charge in [0, 0.05) is 5.92 Å². The molecule has 4 nitrogen and oxygen atoms in total. The van der Waals surface area contributed by atoms with E-state index in [1.165, 1.54) is 0 Å². The molecule has 2 unspecified atom stereocenters. The summed E-state index contributed by atoms with van der Waals surface area (Å²) < 4.78 is 0. The lowest BCUT2D eigenvalue weighted by atomic mass is 9.86. The van der Waals surface area contributed by atoms with Gasteiger partial charge < -0.3 is 10.2 Å². The summed E-state index contributed by atoms with van der Waals surface area (Å²) in [4.78, 5) is 22.0. The maximum atomic E-state index is 11.5. The molecule has 1 aliphatic carbocycles. The van der Waals surface area contributed by atoms with E-state index in [1.807, 2.05) is 0 Å². The van der Waals surface area contributed by atoms with Crippen LogP contribution in [0.25, 0.3) is 0 Å². The SMILES string of the molecule is C.C.O=C(O)CC1CCCCCC(O)C1=O. The summed E-state index contributed by atoms with van der Waals surface area (Å²) in [6, 6.07) is 0. The van der Waals surface area contributed by atoms with Gasteiger partial charge in [0.15, 0.2) is 5.78 Å². The number of aliphatic carboxylic acids is 1. The minimum absolute atomic E-state index is 0. The average molecular weight is 232 g/mol. The summed E-state index contributed by atoms with van der Waals surface area (Å²) in [5, 5.41) is 18.0. The van der Waals surface area contributed by atoms with Crippen LogP contribution in [0.3, 0.4) is 0 Å². The third kappa shape index (κ3) is 5.26. The molecule has 0 bridgehead atoms. The second-order valence-corrected chi connectivity index (χ2v) is 3.85. The first kappa shape index (κ1) is 17.5. The van der Waals surface area contributed by atoms with Gasteiger partial charge in [-0.2, -0.15) is 0 Å². The van der Waals surface area contributed by atoms with Gasteiger partial charge in [-0.15, -0.1) is 0 Å². The molecule has 16 heavy (non-hydrogen) atoms. The Morgan fingerprint density at radius 2 is 1.75 bits per heavy atom. The van der Waals surface area contributed by atoms with Crippen molar-refractivity contribution in [2.45, 2.75) is 59.5 Å². The summed E-state index contributed by atoms with van der Waals surface area (Å²) >= 11 is 0. The Morgan fingerprint density at radius 3 is 2.31 bits per heavy atom. The Balaban J connectivity index is 0. The van der Waals surface area contributed by atoms with Crippen molar-refractivity contribution in [2.24, 2.45) is 5.92 Å². The first-order chi connectivity index (χ1) is 6.61. The van der Waals surface area contributed by atoms with Gasteiger partial charge in [0.1, 0.15) is 6.10 Å². The highest BCUT2D eigenvalue weighted by Gasteiger charge is 2.28. The molecule has 0 spiro atoms. The van der Waals surface area contributed by atoms with Crippen LogP contribution >= 0.6 is 0 Å². The van der Waals surface area contributed by atoms with Crippen LogP contribution < -0.4 is 0 Å². The molecule has 1 aliphatic rings. The Kier molecular flexibility index (Phi) is 9.05. The summed E-state index contributed by atoms with van der Waals surface area (Å²) in [7, 11) is 0. The third-order valence-electron chi connectivity index (χ3n) is 2.68. The number of rotatable bonds is 2. The summed E-state index contributed by atoms with van der Waals surface area (Å²) in [6.45, 7) is 0. The summed E-state index contributed by atoms with van der Waals surface area (Å²) in [6.07, 6.45) is 2.70. The van der Waals surface area contributed by atoms with Gasteiger partial charge in [0.2, 0.25) is 0 Å². The maximum Gasteiger partial charge on any atom is 0.304 e. The number of carbonyl (C=O) groups is 2. The molecule has 0 radical (unpaired) electrons. The summed E-state index contributed by atoms with van der Waals surface area (Å²) in [5.74, 6) is -1.73. The molecule has 1 saturated carbocycles. The number of aliphatic hydroxyl groups excluding tert-OH is 1.